The lowest BCUT2D eigenvalue weighted by Crippen LogP contribution is -2.21. The van der Waals surface area contributed by atoms with E-state index in [0.717, 1.165) is 31.0 Å². The average Bonchev–Trinajstić information content (AvgIpc) is 2.49. The highest BCUT2D eigenvalue weighted by molar-refractivity contribution is 5.55. The number of hydrogen-bond donors (Lipinski definition) is 1. The lowest BCUT2D eigenvalue weighted by atomic mass is 10.2. The van der Waals surface area contributed by atoms with Gasteiger partial charge < -0.3 is 10.2 Å². The summed E-state index contributed by atoms with van der Waals surface area (Å²) in [6.07, 6.45) is 1.92. The van der Waals surface area contributed by atoms with Gasteiger partial charge in [-0.3, -0.25) is 4.98 Å². The summed E-state index contributed by atoms with van der Waals surface area (Å²) in [5.74, 6) is 0. The Morgan fingerprint density at radius 2 is 1.70 bits per heavy atom. The minimum atomic E-state index is 0.803. The Morgan fingerprint density at radius 1 is 1.00 bits per heavy atom. The van der Waals surface area contributed by atoms with Crippen LogP contribution in [-0.4, -0.2) is 18.1 Å². The highest BCUT2D eigenvalue weighted by Crippen LogP contribution is 2.18. The summed E-state index contributed by atoms with van der Waals surface area (Å²) in [6, 6.07) is 12.8. The van der Waals surface area contributed by atoms with Gasteiger partial charge in [-0.1, -0.05) is 6.07 Å². The van der Waals surface area contributed by atoms with E-state index in [1.807, 2.05) is 19.2 Å². The largest absolute Gasteiger partial charge is 0.381 e. The molecule has 0 saturated carbocycles. The summed E-state index contributed by atoms with van der Waals surface area (Å²) in [7, 11) is 0. The van der Waals surface area contributed by atoms with Crippen LogP contribution in [0.3, 0.4) is 0 Å². The van der Waals surface area contributed by atoms with Crippen LogP contribution in [0.15, 0.2) is 42.6 Å². The second-order valence-electron chi connectivity index (χ2n) is 4.88. The summed E-state index contributed by atoms with van der Waals surface area (Å²) in [4.78, 5) is 6.65. The van der Waals surface area contributed by atoms with Gasteiger partial charge in [0, 0.05) is 42.9 Å². The van der Waals surface area contributed by atoms with E-state index in [9.17, 15) is 0 Å². The van der Waals surface area contributed by atoms with Crippen molar-refractivity contribution in [2.45, 2.75) is 27.3 Å². The van der Waals surface area contributed by atoms with Crippen LogP contribution >= 0.6 is 0 Å². The molecule has 3 nitrogen and oxygen atoms in total. The fraction of sp³-hybridized carbons (Fsp3) is 0.353. The standard InChI is InChI=1S/C17H23N3/c1-4-20(5-2)17-10-8-16(9-11-17)19-13-15-7-6-14(3)18-12-15/h6-12,19H,4-5,13H2,1-3H3. The highest BCUT2D eigenvalue weighted by atomic mass is 15.1. The number of hydrogen-bond acceptors (Lipinski definition) is 3. The van der Waals surface area contributed by atoms with Gasteiger partial charge in [-0.2, -0.15) is 0 Å². The Hall–Kier alpha value is -2.03. The molecule has 0 fully saturated rings. The molecule has 0 bridgehead atoms. The van der Waals surface area contributed by atoms with Crippen molar-refractivity contribution in [3.63, 3.8) is 0 Å². The van der Waals surface area contributed by atoms with Gasteiger partial charge in [0.05, 0.1) is 0 Å². The average molecular weight is 269 g/mol. The molecule has 0 aliphatic rings. The van der Waals surface area contributed by atoms with Crippen LogP contribution in [0.25, 0.3) is 0 Å². The molecule has 0 atom stereocenters. The van der Waals surface area contributed by atoms with E-state index in [4.69, 9.17) is 0 Å². The van der Waals surface area contributed by atoms with E-state index in [-0.39, 0.29) is 0 Å². The first-order chi connectivity index (χ1) is 9.72. The molecule has 20 heavy (non-hydrogen) atoms. The van der Waals surface area contributed by atoms with E-state index in [1.54, 1.807) is 0 Å². The first-order valence-corrected chi connectivity index (χ1v) is 7.23. The number of nitrogens with zero attached hydrogens (tertiary/aromatic N) is 2. The van der Waals surface area contributed by atoms with Crippen molar-refractivity contribution in [1.29, 1.82) is 0 Å². The van der Waals surface area contributed by atoms with Crippen LogP contribution in [0.2, 0.25) is 0 Å². The van der Waals surface area contributed by atoms with Gasteiger partial charge in [0.2, 0.25) is 0 Å². The SMILES string of the molecule is CCN(CC)c1ccc(NCc2ccc(C)nc2)cc1. The third-order valence-corrected chi connectivity index (χ3v) is 3.47. The second-order valence-corrected chi connectivity index (χ2v) is 4.88. The maximum absolute atomic E-state index is 4.30. The molecule has 3 heteroatoms. The number of rotatable bonds is 6. The molecule has 0 aliphatic carbocycles. The first kappa shape index (κ1) is 14.4. The van der Waals surface area contributed by atoms with E-state index in [1.165, 1.54) is 11.3 Å². The van der Waals surface area contributed by atoms with E-state index in [2.05, 4.69) is 59.4 Å². The van der Waals surface area contributed by atoms with Gasteiger partial charge in [-0.25, -0.2) is 0 Å². The maximum Gasteiger partial charge on any atom is 0.0416 e. The maximum atomic E-state index is 4.30. The predicted molar refractivity (Wildman–Crippen MR) is 86.3 cm³/mol. The number of anilines is 2. The third kappa shape index (κ3) is 3.73. The lowest BCUT2D eigenvalue weighted by Gasteiger charge is -2.21. The monoisotopic (exact) mass is 269 g/mol. The molecule has 1 aromatic carbocycles. The van der Waals surface area contributed by atoms with E-state index < -0.39 is 0 Å². The molecule has 0 unspecified atom stereocenters. The van der Waals surface area contributed by atoms with Crippen LogP contribution in [-0.2, 0) is 6.54 Å². The normalized spacial score (nSPS) is 10.3. The fourth-order valence-corrected chi connectivity index (χ4v) is 2.19. The van der Waals surface area contributed by atoms with Gasteiger partial charge in [0.1, 0.15) is 0 Å². The zero-order valence-corrected chi connectivity index (χ0v) is 12.6. The molecule has 0 aliphatic heterocycles. The van der Waals surface area contributed by atoms with Crippen LogP contribution in [0.4, 0.5) is 11.4 Å². The van der Waals surface area contributed by atoms with Crippen LogP contribution < -0.4 is 10.2 Å². The molecule has 2 rings (SSSR count). The molecule has 1 aromatic heterocycles. The quantitative estimate of drug-likeness (QED) is 0.863. The van der Waals surface area contributed by atoms with Crippen molar-refractivity contribution in [1.82, 2.24) is 4.98 Å². The summed E-state index contributed by atoms with van der Waals surface area (Å²) in [5.41, 5.74) is 4.67. The minimum absolute atomic E-state index is 0.803. The fourth-order valence-electron chi connectivity index (χ4n) is 2.19. The minimum Gasteiger partial charge on any atom is -0.381 e. The summed E-state index contributed by atoms with van der Waals surface area (Å²) < 4.78 is 0. The second kappa shape index (κ2) is 6.94. The van der Waals surface area contributed by atoms with Crippen molar-refractivity contribution in [3.05, 3.63) is 53.9 Å². The molecule has 0 radical (unpaired) electrons. The first-order valence-electron chi connectivity index (χ1n) is 7.23. The molecule has 0 amide bonds. The lowest BCUT2D eigenvalue weighted by molar-refractivity contribution is 0.866. The number of nitrogens with one attached hydrogen (secondary N) is 1. The van der Waals surface area contributed by atoms with Gasteiger partial charge in [0.15, 0.2) is 0 Å². The van der Waals surface area contributed by atoms with Gasteiger partial charge >= 0.3 is 0 Å². The Labute approximate surface area is 121 Å². The van der Waals surface area contributed by atoms with Crippen LogP contribution in [0.1, 0.15) is 25.1 Å². The van der Waals surface area contributed by atoms with Gasteiger partial charge in [-0.05, 0) is 56.7 Å². The summed E-state index contributed by atoms with van der Waals surface area (Å²) in [6.45, 7) is 9.25. The Morgan fingerprint density at radius 3 is 2.25 bits per heavy atom. The molecule has 106 valence electrons. The number of aromatic nitrogens is 1. The molecule has 0 saturated heterocycles. The molecule has 0 spiro atoms. The van der Waals surface area contributed by atoms with Gasteiger partial charge in [-0.15, -0.1) is 0 Å². The Kier molecular flexibility index (Phi) is 4.99. The zero-order valence-electron chi connectivity index (χ0n) is 12.6. The smallest absolute Gasteiger partial charge is 0.0416 e. The molecule has 1 N–H and O–H groups in total. The zero-order chi connectivity index (χ0) is 14.4. The van der Waals surface area contributed by atoms with Crippen molar-refractivity contribution < 1.29 is 0 Å². The van der Waals surface area contributed by atoms with E-state index in [0.29, 0.717) is 0 Å². The van der Waals surface area contributed by atoms with Crippen molar-refractivity contribution in [2.75, 3.05) is 23.3 Å². The highest BCUT2D eigenvalue weighted by Gasteiger charge is 2.01. The summed E-state index contributed by atoms with van der Waals surface area (Å²) in [5, 5.41) is 3.42. The third-order valence-electron chi connectivity index (χ3n) is 3.47. The molecular weight excluding hydrogens is 246 g/mol. The number of benzene rings is 1. The van der Waals surface area contributed by atoms with Crippen molar-refractivity contribution >= 4 is 11.4 Å². The van der Waals surface area contributed by atoms with Crippen molar-refractivity contribution in [2.24, 2.45) is 0 Å². The Bertz CT molecular complexity index is 513. The topological polar surface area (TPSA) is 28.2 Å². The predicted octanol–water partition coefficient (Wildman–Crippen LogP) is 3.85. The Balaban J connectivity index is 1.95. The van der Waals surface area contributed by atoms with E-state index >= 15 is 0 Å². The molecule has 1 heterocycles. The van der Waals surface area contributed by atoms with Crippen LogP contribution in [0.5, 0.6) is 0 Å². The molecule has 2 aromatic rings. The number of aryl methyl sites for hydroxylation is 1. The van der Waals surface area contributed by atoms with Crippen molar-refractivity contribution in [3.8, 4) is 0 Å². The molecular formula is C17H23N3. The summed E-state index contributed by atoms with van der Waals surface area (Å²) >= 11 is 0. The van der Waals surface area contributed by atoms with Gasteiger partial charge in [0.25, 0.3) is 0 Å². The van der Waals surface area contributed by atoms with Crippen LogP contribution in [0, 0.1) is 6.92 Å². The number of pyridine rings is 1.